The molecule has 0 aliphatic heterocycles. The fourth-order valence-corrected chi connectivity index (χ4v) is 3.42. The number of hydrogen-bond donors (Lipinski definition) is 1. The lowest BCUT2D eigenvalue weighted by Crippen LogP contribution is -2.38. The Balaban J connectivity index is 1.85. The lowest BCUT2D eigenvalue weighted by Gasteiger charge is -2.35. The van der Waals surface area contributed by atoms with E-state index in [0.717, 1.165) is 43.4 Å². The van der Waals surface area contributed by atoms with Crippen LogP contribution in [0.4, 0.5) is 0 Å². The molecule has 1 aromatic carbocycles. The standard InChI is InChI=1S/C17H24N2O2/c1-3-19-16-7-5-4-6-14(16)15(18-19)12-17(20)10-8-13(21-2)9-11-17/h4-7,13,20H,3,8-12H2,1-2H3. The number of rotatable bonds is 4. The van der Waals surface area contributed by atoms with E-state index in [0.29, 0.717) is 12.5 Å². The van der Waals surface area contributed by atoms with Crippen molar-refractivity contribution in [3.63, 3.8) is 0 Å². The Morgan fingerprint density at radius 2 is 2.05 bits per heavy atom. The van der Waals surface area contributed by atoms with Crippen LogP contribution in [0.3, 0.4) is 0 Å². The summed E-state index contributed by atoms with van der Waals surface area (Å²) >= 11 is 0. The van der Waals surface area contributed by atoms with Crippen molar-refractivity contribution in [1.82, 2.24) is 9.78 Å². The molecular weight excluding hydrogens is 264 g/mol. The SMILES string of the molecule is CCn1nc(CC2(O)CCC(OC)CC2)c2ccccc21. The van der Waals surface area contributed by atoms with Gasteiger partial charge >= 0.3 is 0 Å². The predicted molar refractivity (Wildman–Crippen MR) is 83.3 cm³/mol. The van der Waals surface area contributed by atoms with E-state index in [1.54, 1.807) is 7.11 Å². The molecule has 0 amide bonds. The Labute approximate surface area is 125 Å². The Hall–Kier alpha value is -1.39. The lowest BCUT2D eigenvalue weighted by atomic mass is 9.80. The van der Waals surface area contributed by atoms with Gasteiger partial charge in [0.05, 0.1) is 22.9 Å². The van der Waals surface area contributed by atoms with Crippen molar-refractivity contribution in [1.29, 1.82) is 0 Å². The summed E-state index contributed by atoms with van der Waals surface area (Å²) in [7, 11) is 1.76. The maximum Gasteiger partial charge on any atom is 0.0731 e. The molecule has 1 aliphatic rings. The van der Waals surface area contributed by atoms with E-state index in [4.69, 9.17) is 9.84 Å². The predicted octanol–water partition coefficient (Wildman–Crippen LogP) is 2.92. The monoisotopic (exact) mass is 288 g/mol. The van der Waals surface area contributed by atoms with Crippen LogP contribution in [0.15, 0.2) is 24.3 Å². The van der Waals surface area contributed by atoms with Crippen LogP contribution in [0.1, 0.15) is 38.3 Å². The Bertz CT molecular complexity index is 612. The first-order valence-corrected chi connectivity index (χ1v) is 7.85. The van der Waals surface area contributed by atoms with Crippen molar-refractivity contribution in [2.24, 2.45) is 0 Å². The van der Waals surface area contributed by atoms with Crippen molar-refractivity contribution < 1.29 is 9.84 Å². The molecule has 0 atom stereocenters. The van der Waals surface area contributed by atoms with E-state index in [9.17, 15) is 5.11 Å². The summed E-state index contributed by atoms with van der Waals surface area (Å²) in [6, 6.07) is 8.28. The van der Waals surface area contributed by atoms with Crippen LogP contribution in [-0.4, -0.2) is 33.7 Å². The summed E-state index contributed by atoms with van der Waals surface area (Å²) in [5.41, 5.74) is 1.54. The number of aromatic nitrogens is 2. The highest BCUT2D eigenvalue weighted by Crippen LogP contribution is 2.33. The number of hydrogen-bond acceptors (Lipinski definition) is 3. The van der Waals surface area contributed by atoms with Gasteiger partial charge in [-0.25, -0.2) is 0 Å². The van der Waals surface area contributed by atoms with Crippen LogP contribution >= 0.6 is 0 Å². The number of ether oxygens (including phenoxy) is 1. The van der Waals surface area contributed by atoms with Crippen molar-refractivity contribution in [2.75, 3.05) is 7.11 Å². The van der Waals surface area contributed by atoms with Crippen LogP contribution in [0, 0.1) is 0 Å². The number of aliphatic hydroxyl groups is 1. The minimum Gasteiger partial charge on any atom is -0.389 e. The third kappa shape index (κ3) is 2.83. The Morgan fingerprint density at radius 3 is 2.71 bits per heavy atom. The van der Waals surface area contributed by atoms with Gasteiger partial charge in [-0.2, -0.15) is 5.10 Å². The summed E-state index contributed by atoms with van der Waals surface area (Å²) in [6.45, 7) is 2.95. The zero-order valence-corrected chi connectivity index (χ0v) is 12.9. The molecule has 3 rings (SSSR count). The molecule has 0 radical (unpaired) electrons. The molecule has 1 fully saturated rings. The van der Waals surface area contributed by atoms with Gasteiger partial charge in [0.15, 0.2) is 0 Å². The molecule has 2 aromatic rings. The van der Waals surface area contributed by atoms with E-state index in [-0.39, 0.29) is 0 Å². The maximum atomic E-state index is 10.9. The van der Waals surface area contributed by atoms with Gasteiger partial charge in [-0.05, 0) is 38.7 Å². The maximum absolute atomic E-state index is 10.9. The zero-order chi connectivity index (χ0) is 14.9. The average Bonchev–Trinajstić information content (AvgIpc) is 2.86. The summed E-state index contributed by atoms with van der Waals surface area (Å²) < 4.78 is 7.42. The second kappa shape index (κ2) is 5.78. The minimum absolute atomic E-state index is 0.301. The molecule has 0 saturated heterocycles. The molecule has 1 heterocycles. The summed E-state index contributed by atoms with van der Waals surface area (Å²) in [6.07, 6.45) is 4.38. The Morgan fingerprint density at radius 1 is 1.33 bits per heavy atom. The van der Waals surface area contributed by atoms with Gasteiger partial charge in [0, 0.05) is 25.5 Å². The molecule has 1 N–H and O–H groups in total. The van der Waals surface area contributed by atoms with Crippen molar-refractivity contribution >= 4 is 10.9 Å². The largest absolute Gasteiger partial charge is 0.389 e. The number of fused-ring (bicyclic) bond motifs is 1. The lowest BCUT2D eigenvalue weighted by molar-refractivity contribution is -0.0431. The second-order valence-corrected chi connectivity index (χ2v) is 6.12. The molecule has 0 unspecified atom stereocenters. The van der Waals surface area contributed by atoms with Gasteiger partial charge in [0.1, 0.15) is 0 Å². The molecule has 1 aliphatic carbocycles. The van der Waals surface area contributed by atoms with Crippen LogP contribution in [0.25, 0.3) is 10.9 Å². The molecule has 1 aromatic heterocycles. The van der Waals surface area contributed by atoms with E-state index in [1.165, 1.54) is 5.39 Å². The number of aryl methyl sites for hydroxylation is 1. The summed E-state index contributed by atoms with van der Waals surface area (Å²) in [5.74, 6) is 0. The highest BCUT2D eigenvalue weighted by Gasteiger charge is 2.34. The first-order valence-electron chi connectivity index (χ1n) is 7.85. The van der Waals surface area contributed by atoms with Crippen molar-refractivity contribution in [2.45, 2.75) is 57.3 Å². The van der Waals surface area contributed by atoms with Gasteiger partial charge in [-0.15, -0.1) is 0 Å². The van der Waals surface area contributed by atoms with E-state index >= 15 is 0 Å². The van der Waals surface area contributed by atoms with E-state index in [2.05, 4.69) is 19.1 Å². The summed E-state index contributed by atoms with van der Waals surface area (Å²) in [4.78, 5) is 0. The molecule has 1 saturated carbocycles. The normalized spacial score (nSPS) is 26.3. The molecule has 4 heteroatoms. The molecule has 4 nitrogen and oxygen atoms in total. The van der Waals surface area contributed by atoms with Crippen LogP contribution in [0.5, 0.6) is 0 Å². The Kier molecular flexibility index (Phi) is 4.00. The number of methoxy groups -OCH3 is 1. The van der Waals surface area contributed by atoms with Crippen LogP contribution in [0.2, 0.25) is 0 Å². The quantitative estimate of drug-likeness (QED) is 0.941. The number of nitrogens with zero attached hydrogens (tertiary/aromatic N) is 2. The van der Waals surface area contributed by atoms with Crippen LogP contribution < -0.4 is 0 Å². The first-order chi connectivity index (χ1) is 10.1. The molecule has 0 bridgehead atoms. The number of para-hydroxylation sites is 1. The van der Waals surface area contributed by atoms with Gasteiger partial charge in [-0.1, -0.05) is 18.2 Å². The van der Waals surface area contributed by atoms with Crippen molar-refractivity contribution in [3.05, 3.63) is 30.0 Å². The first kappa shape index (κ1) is 14.5. The highest BCUT2D eigenvalue weighted by atomic mass is 16.5. The molecule has 0 spiro atoms. The average molecular weight is 288 g/mol. The topological polar surface area (TPSA) is 47.3 Å². The third-order valence-corrected chi connectivity index (χ3v) is 4.73. The van der Waals surface area contributed by atoms with Crippen molar-refractivity contribution in [3.8, 4) is 0 Å². The summed E-state index contributed by atoms with van der Waals surface area (Å²) in [5, 5.41) is 16.8. The van der Waals surface area contributed by atoms with Gasteiger partial charge in [0.2, 0.25) is 0 Å². The van der Waals surface area contributed by atoms with Gasteiger partial charge < -0.3 is 9.84 Å². The molecular formula is C17H24N2O2. The molecule has 21 heavy (non-hydrogen) atoms. The van der Waals surface area contributed by atoms with Gasteiger partial charge in [0.25, 0.3) is 0 Å². The second-order valence-electron chi connectivity index (χ2n) is 6.12. The number of benzene rings is 1. The molecule has 114 valence electrons. The zero-order valence-electron chi connectivity index (χ0n) is 12.9. The highest BCUT2D eigenvalue weighted by molar-refractivity contribution is 5.82. The van der Waals surface area contributed by atoms with Gasteiger partial charge in [-0.3, -0.25) is 4.68 Å². The smallest absolute Gasteiger partial charge is 0.0731 e. The van der Waals surface area contributed by atoms with Crippen LogP contribution in [-0.2, 0) is 17.7 Å². The fourth-order valence-electron chi connectivity index (χ4n) is 3.42. The third-order valence-electron chi connectivity index (χ3n) is 4.73. The van der Waals surface area contributed by atoms with E-state index in [1.807, 2.05) is 16.8 Å². The van der Waals surface area contributed by atoms with E-state index < -0.39 is 5.60 Å². The fraction of sp³-hybridized carbons (Fsp3) is 0.588. The minimum atomic E-state index is -0.634.